The van der Waals surface area contributed by atoms with E-state index in [1.165, 1.54) is 0 Å². The summed E-state index contributed by atoms with van der Waals surface area (Å²) in [5.74, 6) is 0. The molecule has 1 heterocycles. The van der Waals surface area contributed by atoms with Crippen LogP contribution < -0.4 is 0 Å². The molecular formula is C12H20N2O2. The Kier molecular flexibility index (Phi) is 3.79. The SMILES string of the molecule is [C-]#[N+][C@H]1CC[C@@H](C)N(C(=O)OC(C)(C)C)C1. The van der Waals surface area contributed by atoms with Crippen molar-refractivity contribution in [2.45, 2.75) is 58.2 Å². The van der Waals surface area contributed by atoms with Gasteiger partial charge in [-0.15, -0.1) is 0 Å². The number of carbonyl (C=O) groups is 1. The van der Waals surface area contributed by atoms with Crippen molar-refractivity contribution in [3.8, 4) is 0 Å². The average molecular weight is 224 g/mol. The van der Waals surface area contributed by atoms with Gasteiger partial charge in [-0.1, -0.05) is 0 Å². The molecular weight excluding hydrogens is 204 g/mol. The molecule has 2 atom stereocenters. The maximum absolute atomic E-state index is 11.9. The van der Waals surface area contributed by atoms with Crippen molar-refractivity contribution in [2.24, 2.45) is 0 Å². The molecule has 0 bridgehead atoms. The molecule has 1 amide bonds. The fraction of sp³-hybridized carbons (Fsp3) is 0.833. The molecule has 0 unspecified atom stereocenters. The Bertz CT molecular complexity index is 301. The van der Waals surface area contributed by atoms with Gasteiger partial charge in [0.2, 0.25) is 6.04 Å². The molecule has 0 aromatic rings. The van der Waals surface area contributed by atoms with Crippen LogP contribution in [0.1, 0.15) is 40.5 Å². The highest BCUT2D eigenvalue weighted by molar-refractivity contribution is 5.68. The van der Waals surface area contributed by atoms with Gasteiger partial charge in [0, 0.05) is 12.5 Å². The second-order valence-corrected chi connectivity index (χ2v) is 5.34. The van der Waals surface area contributed by atoms with Gasteiger partial charge in [0.05, 0.1) is 6.54 Å². The van der Waals surface area contributed by atoms with E-state index in [9.17, 15) is 4.79 Å². The summed E-state index contributed by atoms with van der Waals surface area (Å²) < 4.78 is 5.32. The van der Waals surface area contributed by atoms with Gasteiger partial charge in [0.1, 0.15) is 5.60 Å². The lowest BCUT2D eigenvalue weighted by Crippen LogP contribution is -2.48. The molecule has 0 aromatic carbocycles. The molecule has 0 spiro atoms. The smallest absolute Gasteiger partial charge is 0.410 e. The van der Waals surface area contributed by atoms with Crippen LogP contribution in [0.2, 0.25) is 0 Å². The third-order valence-corrected chi connectivity index (χ3v) is 2.67. The van der Waals surface area contributed by atoms with Gasteiger partial charge in [0.15, 0.2) is 0 Å². The predicted molar refractivity (Wildman–Crippen MR) is 62.0 cm³/mol. The lowest BCUT2D eigenvalue weighted by molar-refractivity contribution is 0.0113. The van der Waals surface area contributed by atoms with Crippen molar-refractivity contribution in [2.75, 3.05) is 6.54 Å². The Morgan fingerprint density at radius 3 is 2.56 bits per heavy atom. The van der Waals surface area contributed by atoms with Crippen molar-refractivity contribution in [1.82, 2.24) is 4.90 Å². The van der Waals surface area contributed by atoms with Crippen molar-refractivity contribution in [3.63, 3.8) is 0 Å². The fourth-order valence-corrected chi connectivity index (χ4v) is 1.77. The summed E-state index contributed by atoms with van der Waals surface area (Å²) in [6.07, 6.45) is 1.46. The van der Waals surface area contributed by atoms with Gasteiger partial charge in [0.25, 0.3) is 0 Å². The maximum Gasteiger partial charge on any atom is 0.410 e. The summed E-state index contributed by atoms with van der Waals surface area (Å²) in [5, 5.41) is 0. The normalized spacial score (nSPS) is 26.1. The molecule has 0 radical (unpaired) electrons. The topological polar surface area (TPSA) is 33.9 Å². The van der Waals surface area contributed by atoms with Gasteiger partial charge >= 0.3 is 6.09 Å². The van der Waals surface area contributed by atoms with Crippen LogP contribution in [0.15, 0.2) is 0 Å². The first-order chi connectivity index (χ1) is 7.33. The largest absolute Gasteiger partial charge is 0.444 e. The molecule has 16 heavy (non-hydrogen) atoms. The molecule has 0 N–H and O–H groups in total. The van der Waals surface area contributed by atoms with E-state index in [4.69, 9.17) is 11.3 Å². The third-order valence-electron chi connectivity index (χ3n) is 2.67. The first kappa shape index (κ1) is 12.8. The third kappa shape index (κ3) is 3.41. The summed E-state index contributed by atoms with van der Waals surface area (Å²) in [6.45, 7) is 15.1. The van der Waals surface area contributed by atoms with Crippen LogP contribution in [-0.4, -0.2) is 35.2 Å². The molecule has 4 nitrogen and oxygen atoms in total. The number of likely N-dealkylation sites (tertiary alicyclic amines) is 1. The van der Waals surface area contributed by atoms with Crippen LogP contribution in [0.25, 0.3) is 4.85 Å². The Morgan fingerprint density at radius 1 is 1.44 bits per heavy atom. The zero-order valence-electron chi connectivity index (χ0n) is 10.5. The summed E-state index contributed by atoms with van der Waals surface area (Å²) in [5.41, 5.74) is -0.470. The van der Waals surface area contributed by atoms with Crippen molar-refractivity contribution >= 4 is 6.09 Å². The van der Waals surface area contributed by atoms with E-state index in [0.29, 0.717) is 6.54 Å². The average Bonchev–Trinajstić information content (AvgIpc) is 2.15. The minimum Gasteiger partial charge on any atom is -0.444 e. The highest BCUT2D eigenvalue weighted by Crippen LogP contribution is 2.21. The zero-order chi connectivity index (χ0) is 12.3. The Morgan fingerprint density at radius 2 is 2.06 bits per heavy atom. The van der Waals surface area contributed by atoms with Crippen molar-refractivity contribution < 1.29 is 9.53 Å². The number of carbonyl (C=O) groups excluding carboxylic acids is 1. The Labute approximate surface area is 97.4 Å². The molecule has 0 aromatic heterocycles. The van der Waals surface area contributed by atoms with E-state index in [2.05, 4.69) is 4.85 Å². The van der Waals surface area contributed by atoms with E-state index in [-0.39, 0.29) is 18.2 Å². The highest BCUT2D eigenvalue weighted by atomic mass is 16.6. The molecule has 1 rings (SSSR count). The van der Waals surface area contributed by atoms with Gasteiger partial charge in [-0.2, -0.15) is 0 Å². The second-order valence-electron chi connectivity index (χ2n) is 5.34. The molecule has 1 aliphatic rings. The molecule has 1 fully saturated rings. The first-order valence-corrected chi connectivity index (χ1v) is 5.69. The van der Waals surface area contributed by atoms with Gasteiger partial charge in [-0.3, -0.25) is 4.90 Å². The quantitative estimate of drug-likeness (QED) is 0.593. The maximum atomic E-state index is 11.9. The van der Waals surface area contributed by atoms with E-state index < -0.39 is 5.60 Å². The van der Waals surface area contributed by atoms with Gasteiger partial charge < -0.3 is 9.58 Å². The van der Waals surface area contributed by atoms with Crippen molar-refractivity contribution in [1.29, 1.82) is 0 Å². The fourth-order valence-electron chi connectivity index (χ4n) is 1.77. The van der Waals surface area contributed by atoms with Crippen LogP contribution >= 0.6 is 0 Å². The van der Waals surface area contributed by atoms with Gasteiger partial charge in [-0.05, 0) is 34.1 Å². The number of nitrogens with zero attached hydrogens (tertiary/aromatic N) is 2. The lowest BCUT2D eigenvalue weighted by atomic mass is 10.0. The summed E-state index contributed by atoms with van der Waals surface area (Å²) in [4.78, 5) is 17.1. The van der Waals surface area contributed by atoms with Crippen LogP contribution in [0, 0.1) is 6.57 Å². The number of piperidine rings is 1. The first-order valence-electron chi connectivity index (χ1n) is 5.69. The van der Waals surface area contributed by atoms with Crippen LogP contribution in [0.3, 0.4) is 0 Å². The molecule has 1 saturated heterocycles. The number of ether oxygens (including phenoxy) is 1. The minimum atomic E-state index is -0.470. The lowest BCUT2D eigenvalue weighted by Gasteiger charge is -2.34. The molecule has 0 aliphatic carbocycles. The number of hydrogen-bond acceptors (Lipinski definition) is 2. The Hall–Kier alpha value is -1.24. The molecule has 90 valence electrons. The molecule has 4 heteroatoms. The monoisotopic (exact) mass is 224 g/mol. The van der Waals surface area contributed by atoms with Crippen molar-refractivity contribution in [3.05, 3.63) is 11.4 Å². The van der Waals surface area contributed by atoms with E-state index in [1.54, 1.807) is 4.90 Å². The van der Waals surface area contributed by atoms with Crippen LogP contribution in [0.5, 0.6) is 0 Å². The van der Waals surface area contributed by atoms with E-state index >= 15 is 0 Å². The number of rotatable bonds is 0. The van der Waals surface area contributed by atoms with Crippen LogP contribution in [0.4, 0.5) is 4.79 Å². The zero-order valence-corrected chi connectivity index (χ0v) is 10.5. The summed E-state index contributed by atoms with van der Waals surface area (Å²) in [6, 6.07) is 0.108. The predicted octanol–water partition coefficient (Wildman–Crippen LogP) is 2.69. The molecule has 0 saturated carbocycles. The Balaban J connectivity index is 2.63. The standard InChI is InChI=1S/C12H20N2O2/c1-9-6-7-10(13-5)8-14(9)11(15)16-12(2,3)4/h9-10H,6-8H2,1-4H3/t9-,10+/m1/s1. The highest BCUT2D eigenvalue weighted by Gasteiger charge is 2.34. The van der Waals surface area contributed by atoms with E-state index in [1.807, 2.05) is 27.7 Å². The summed E-state index contributed by atoms with van der Waals surface area (Å²) in [7, 11) is 0. The van der Waals surface area contributed by atoms with E-state index in [0.717, 1.165) is 12.8 Å². The van der Waals surface area contributed by atoms with Crippen LogP contribution in [-0.2, 0) is 4.74 Å². The van der Waals surface area contributed by atoms with Gasteiger partial charge in [-0.25, -0.2) is 11.4 Å². The number of amides is 1. The second kappa shape index (κ2) is 4.73. The summed E-state index contributed by atoms with van der Waals surface area (Å²) >= 11 is 0. The minimum absolute atomic E-state index is 0.0660. The molecule has 1 aliphatic heterocycles. The number of hydrogen-bond donors (Lipinski definition) is 0.